The number of fused-ring (bicyclic) bond motifs is 7. The monoisotopic (exact) mass is 351 g/mol. The van der Waals surface area contributed by atoms with Crippen LogP contribution in [0.25, 0.3) is 43.4 Å². The molecule has 5 rings (SSSR count). The molecule has 0 saturated heterocycles. The van der Waals surface area contributed by atoms with Crippen LogP contribution in [0.5, 0.6) is 0 Å². The van der Waals surface area contributed by atoms with Crippen LogP contribution in [-0.4, -0.2) is 10.5 Å². The highest BCUT2D eigenvalue weighted by Gasteiger charge is 2.16. The summed E-state index contributed by atoms with van der Waals surface area (Å²) in [5.41, 5.74) is 2.11. The van der Waals surface area contributed by atoms with Crippen molar-refractivity contribution < 1.29 is 9.53 Å². The Balaban J connectivity index is 1.96. The van der Waals surface area contributed by atoms with Gasteiger partial charge in [0.05, 0.1) is 11.0 Å². The minimum atomic E-state index is -0.424. The lowest BCUT2D eigenvalue weighted by Gasteiger charge is -2.08. The molecule has 0 aliphatic rings. The molecule has 130 valence electrons. The van der Waals surface area contributed by atoms with E-state index in [9.17, 15) is 4.79 Å². The number of hydrogen-bond acceptors (Lipinski definition) is 2. The van der Waals surface area contributed by atoms with Crippen LogP contribution in [0.1, 0.15) is 0 Å². The van der Waals surface area contributed by atoms with Crippen LogP contribution >= 0.6 is 0 Å². The average molecular weight is 351 g/mol. The van der Waals surface area contributed by atoms with Crippen LogP contribution in [-0.2, 0) is 16.3 Å². The van der Waals surface area contributed by atoms with Gasteiger partial charge < -0.3 is 9.30 Å². The molecule has 5 aromatic rings. The Kier molecular flexibility index (Phi) is 3.47. The number of carbonyl (C=O) groups is 1. The van der Waals surface area contributed by atoms with E-state index in [0.717, 1.165) is 11.0 Å². The second kappa shape index (κ2) is 5.99. The maximum absolute atomic E-state index is 11.7. The highest BCUT2D eigenvalue weighted by molar-refractivity contribution is 6.27. The summed E-state index contributed by atoms with van der Waals surface area (Å²) < 4.78 is 7.44. The van der Waals surface area contributed by atoms with Gasteiger partial charge in [0.15, 0.2) is 6.73 Å². The van der Waals surface area contributed by atoms with Crippen LogP contribution < -0.4 is 0 Å². The summed E-state index contributed by atoms with van der Waals surface area (Å²) in [6.07, 6.45) is 1.19. The Morgan fingerprint density at radius 1 is 0.815 bits per heavy atom. The molecule has 0 spiro atoms. The lowest BCUT2D eigenvalue weighted by atomic mass is 10.00. The molecule has 3 heteroatoms. The third-order valence-electron chi connectivity index (χ3n) is 5.15. The Bertz CT molecular complexity index is 1270. The van der Waals surface area contributed by atoms with Gasteiger partial charge in [-0.05, 0) is 33.7 Å². The van der Waals surface area contributed by atoms with E-state index in [-0.39, 0.29) is 6.73 Å². The molecule has 0 saturated carbocycles. The number of carbonyl (C=O) groups excluding carboxylic acids is 1. The maximum atomic E-state index is 11.7. The van der Waals surface area contributed by atoms with E-state index in [1.807, 2.05) is 0 Å². The van der Waals surface area contributed by atoms with E-state index in [0.29, 0.717) is 0 Å². The molecule has 0 aliphatic carbocycles. The molecule has 0 unspecified atom stereocenters. The summed E-state index contributed by atoms with van der Waals surface area (Å²) in [5, 5.41) is 7.17. The number of benzene rings is 4. The van der Waals surface area contributed by atoms with E-state index in [1.54, 1.807) is 0 Å². The molecule has 0 bridgehead atoms. The molecule has 0 amide bonds. The van der Waals surface area contributed by atoms with Crippen molar-refractivity contribution in [2.24, 2.45) is 0 Å². The van der Waals surface area contributed by atoms with E-state index >= 15 is 0 Å². The van der Waals surface area contributed by atoms with Crippen molar-refractivity contribution in [3.63, 3.8) is 0 Å². The second-order valence-electron chi connectivity index (χ2n) is 6.59. The van der Waals surface area contributed by atoms with E-state index < -0.39 is 5.97 Å². The molecule has 0 aliphatic heterocycles. The third kappa shape index (κ3) is 2.32. The molecule has 27 heavy (non-hydrogen) atoms. The molecule has 0 N–H and O–H groups in total. The van der Waals surface area contributed by atoms with Crippen LogP contribution in [0.15, 0.2) is 85.5 Å². The number of esters is 1. The minimum Gasteiger partial charge on any atom is -0.441 e. The number of aromatic nitrogens is 1. The van der Waals surface area contributed by atoms with Gasteiger partial charge in [-0.3, -0.25) is 0 Å². The first-order valence-electron chi connectivity index (χ1n) is 8.88. The fraction of sp³-hybridized carbons (Fsp3) is 0.0417. The van der Waals surface area contributed by atoms with Crippen molar-refractivity contribution in [3.8, 4) is 0 Å². The normalized spacial score (nSPS) is 11.4. The Morgan fingerprint density at radius 3 is 1.85 bits per heavy atom. The smallest absolute Gasteiger partial charge is 0.331 e. The van der Waals surface area contributed by atoms with Gasteiger partial charge in [-0.1, -0.05) is 67.2 Å². The molecule has 0 fully saturated rings. The van der Waals surface area contributed by atoms with E-state index in [1.165, 1.54) is 38.4 Å². The summed E-state index contributed by atoms with van der Waals surface area (Å²) in [6.45, 7) is 3.64. The average Bonchev–Trinajstić information content (AvgIpc) is 3.06. The third-order valence-corrected chi connectivity index (χ3v) is 5.15. The second-order valence-corrected chi connectivity index (χ2v) is 6.59. The zero-order valence-corrected chi connectivity index (χ0v) is 14.7. The predicted molar refractivity (Wildman–Crippen MR) is 111 cm³/mol. The van der Waals surface area contributed by atoms with Gasteiger partial charge in [-0.25, -0.2) is 4.79 Å². The maximum Gasteiger partial charge on any atom is 0.331 e. The van der Waals surface area contributed by atoms with Gasteiger partial charge in [-0.15, -0.1) is 0 Å². The molecular weight excluding hydrogens is 334 g/mol. The summed E-state index contributed by atoms with van der Waals surface area (Å²) in [7, 11) is 0. The van der Waals surface area contributed by atoms with Crippen LogP contribution in [0.4, 0.5) is 0 Å². The van der Waals surface area contributed by atoms with Crippen molar-refractivity contribution in [1.29, 1.82) is 0 Å². The molecule has 0 atom stereocenters. The number of ether oxygens (including phenoxy) is 1. The minimum absolute atomic E-state index is 0.154. The van der Waals surface area contributed by atoms with Crippen LogP contribution in [0, 0.1) is 0 Å². The first-order chi connectivity index (χ1) is 13.3. The zero-order chi connectivity index (χ0) is 18.4. The van der Waals surface area contributed by atoms with Gasteiger partial charge >= 0.3 is 5.97 Å². The molecular formula is C24H17NO2. The van der Waals surface area contributed by atoms with Crippen molar-refractivity contribution in [1.82, 2.24) is 4.57 Å². The van der Waals surface area contributed by atoms with Crippen molar-refractivity contribution in [2.45, 2.75) is 6.73 Å². The molecule has 3 nitrogen and oxygen atoms in total. The van der Waals surface area contributed by atoms with E-state index in [2.05, 4.69) is 83.9 Å². The van der Waals surface area contributed by atoms with E-state index in [4.69, 9.17) is 4.74 Å². The van der Waals surface area contributed by atoms with Gasteiger partial charge in [0.25, 0.3) is 0 Å². The zero-order valence-electron chi connectivity index (χ0n) is 14.7. The molecule has 4 aromatic carbocycles. The Hall–Kier alpha value is -3.59. The Labute approximate surface area is 156 Å². The lowest BCUT2D eigenvalue weighted by Crippen LogP contribution is -2.06. The standard InChI is InChI=1S/C24H17NO2/c1-2-22(26)27-15-25-20-13-11-16-7-3-5-9-18(16)23(20)24-19-10-6-4-8-17(19)12-14-21(24)25/h2-14H,1,15H2. The number of hydrogen-bond donors (Lipinski definition) is 0. The predicted octanol–water partition coefficient (Wildman–Crippen LogP) is 5.79. The SMILES string of the molecule is C=CC(=O)OCn1c2ccc3ccccc3c2c2c3ccccc3ccc21. The first kappa shape index (κ1) is 15.6. The summed E-state index contributed by atoms with van der Waals surface area (Å²) in [6, 6.07) is 25.2. The fourth-order valence-corrected chi connectivity index (χ4v) is 3.95. The molecule has 1 heterocycles. The molecule has 1 aromatic heterocycles. The Morgan fingerprint density at radius 2 is 1.33 bits per heavy atom. The quantitative estimate of drug-likeness (QED) is 0.304. The summed E-state index contributed by atoms with van der Waals surface area (Å²) in [5.74, 6) is -0.424. The number of nitrogens with zero attached hydrogens (tertiary/aromatic N) is 1. The summed E-state index contributed by atoms with van der Waals surface area (Å²) >= 11 is 0. The largest absolute Gasteiger partial charge is 0.441 e. The van der Waals surface area contributed by atoms with Crippen molar-refractivity contribution in [2.75, 3.05) is 0 Å². The topological polar surface area (TPSA) is 31.2 Å². The van der Waals surface area contributed by atoms with Gasteiger partial charge in [-0.2, -0.15) is 0 Å². The highest BCUT2D eigenvalue weighted by Crippen LogP contribution is 2.38. The van der Waals surface area contributed by atoms with Crippen LogP contribution in [0.3, 0.4) is 0 Å². The number of rotatable bonds is 3. The van der Waals surface area contributed by atoms with Gasteiger partial charge in [0.2, 0.25) is 0 Å². The van der Waals surface area contributed by atoms with Gasteiger partial charge in [0.1, 0.15) is 0 Å². The first-order valence-corrected chi connectivity index (χ1v) is 8.88. The van der Waals surface area contributed by atoms with Crippen LogP contribution in [0.2, 0.25) is 0 Å². The molecule has 0 radical (unpaired) electrons. The van der Waals surface area contributed by atoms with Crippen molar-refractivity contribution >= 4 is 49.3 Å². The van der Waals surface area contributed by atoms with Gasteiger partial charge in [0, 0.05) is 16.8 Å². The van der Waals surface area contributed by atoms with Crippen molar-refractivity contribution in [3.05, 3.63) is 85.5 Å². The fourth-order valence-electron chi connectivity index (χ4n) is 3.95. The lowest BCUT2D eigenvalue weighted by molar-refractivity contribution is -0.141. The highest BCUT2D eigenvalue weighted by atomic mass is 16.5. The summed E-state index contributed by atoms with van der Waals surface area (Å²) in [4.78, 5) is 11.7.